The molecule has 2 bridgehead atoms. The Morgan fingerprint density at radius 3 is 2.64 bits per heavy atom. The van der Waals surface area contributed by atoms with Crippen LogP contribution in [0, 0.1) is 17.8 Å². The van der Waals surface area contributed by atoms with Crippen LogP contribution in [0.5, 0.6) is 0 Å². The molecule has 0 aromatic rings. The first-order chi connectivity index (χ1) is 6.70. The summed E-state index contributed by atoms with van der Waals surface area (Å²) < 4.78 is 0. The third kappa shape index (κ3) is 1.86. The fraction of sp³-hybridized carbons (Fsp3) is 0.833. The molecule has 2 aliphatic carbocycles. The summed E-state index contributed by atoms with van der Waals surface area (Å²) in [6, 6.07) is 0.769. The van der Waals surface area contributed by atoms with Crippen molar-refractivity contribution in [2.45, 2.75) is 38.8 Å². The highest BCUT2D eigenvalue weighted by Crippen LogP contribution is 2.44. The van der Waals surface area contributed by atoms with E-state index in [1.165, 1.54) is 12.8 Å². The van der Waals surface area contributed by atoms with Crippen LogP contribution in [0.2, 0.25) is 0 Å². The molecule has 14 heavy (non-hydrogen) atoms. The van der Waals surface area contributed by atoms with Crippen LogP contribution in [-0.4, -0.2) is 23.8 Å². The molecule has 0 saturated heterocycles. The second kappa shape index (κ2) is 4.03. The van der Waals surface area contributed by atoms with Crippen molar-refractivity contribution in [1.82, 2.24) is 5.32 Å². The highest BCUT2D eigenvalue weighted by Gasteiger charge is 2.38. The van der Waals surface area contributed by atoms with Crippen molar-refractivity contribution < 1.29 is 5.11 Å². The van der Waals surface area contributed by atoms with Crippen molar-refractivity contribution in [1.29, 1.82) is 0 Å². The minimum absolute atomic E-state index is 0.230. The van der Waals surface area contributed by atoms with E-state index in [1.807, 2.05) is 6.92 Å². The lowest BCUT2D eigenvalue weighted by Crippen LogP contribution is -2.42. The van der Waals surface area contributed by atoms with Crippen LogP contribution in [0.4, 0.5) is 0 Å². The fourth-order valence-corrected chi connectivity index (χ4v) is 3.02. The Hall–Kier alpha value is -0.340. The number of aliphatic hydroxyl groups is 1. The number of rotatable bonds is 4. The Kier molecular flexibility index (Phi) is 2.93. The van der Waals surface area contributed by atoms with Gasteiger partial charge in [-0.3, -0.25) is 0 Å². The first-order valence-electron chi connectivity index (χ1n) is 5.76. The molecule has 0 aliphatic heterocycles. The van der Waals surface area contributed by atoms with Gasteiger partial charge in [-0.1, -0.05) is 12.2 Å². The van der Waals surface area contributed by atoms with Gasteiger partial charge in [-0.05, 0) is 44.4 Å². The second-order valence-electron chi connectivity index (χ2n) is 4.98. The Labute approximate surface area is 86.4 Å². The number of allylic oxidation sites excluding steroid dienone is 2. The molecule has 0 spiro atoms. The molecule has 4 unspecified atom stereocenters. The molecule has 0 aromatic carbocycles. The van der Waals surface area contributed by atoms with Gasteiger partial charge in [-0.2, -0.15) is 0 Å². The molecule has 2 nitrogen and oxygen atoms in total. The summed E-state index contributed by atoms with van der Waals surface area (Å²) in [5, 5.41) is 12.5. The molecule has 2 N–H and O–H groups in total. The molecule has 2 heteroatoms. The maximum absolute atomic E-state index is 8.98. The molecule has 1 saturated carbocycles. The molecular formula is C12H21NO. The van der Waals surface area contributed by atoms with Crippen molar-refractivity contribution in [3.63, 3.8) is 0 Å². The minimum Gasteiger partial charge on any atom is -0.395 e. The average Bonchev–Trinajstić information content (AvgIpc) is 2.78. The standard InChI is InChI=1S/C12H21NO/c1-8(7-14)13-9(2)12-6-10-3-4-11(12)5-10/h3-4,8-14H,5-7H2,1-2H3/t8-,9?,10?,11?,12?/m1/s1. The van der Waals surface area contributed by atoms with Crippen molar-refractivity contribution in [3.8, 4) is 0 Å². The SMILES string of the molecule is CC(N[C@H](C)CO)C1CC2C=CC1C2. The Morgan fingerprint density at radius 1 is 1.36 bits per heavy atom. The predicted molar refractivity (Wildman–Crippen MR) is 58.0 cm³/mol. The van der Waals surface area contributed by atoms with Crippen molar-refractivity contribution in [3.05, 3.63) is 12.2 Å². The maximum atomic E-state index is 8.98. The molecule has 2 rings (SSSR count). The number of hydrogen-bond acceptors (Lipinski definition) is 2. The zero-order valence-electron chi connectivity index (χ0n) is 9.11. The summed E-state index contributed by atoms with van der Waals surface area (Å²) in [7, 11) is 0. The average molecular weight is 195 g/mol. The highest BCUT2D eigenvalue weighted by atomic mass is 16.3. The van der Waals surface area contributed by atoms with E-state index >= 15 is 0 Å². The highest BCUT2D eigenvalue weighted by molar-refractivity contribution is 5.11. The monoisotopic (exact) mass is 195 g/mol. The Morgan fingerprint density at radius 2 is 2.14 bits per heavy atom. The van der Waals surface area contributed by atoms with Gasteiger partial charge in [0.1, 0.15) is 0 Å². The summed E-state index contributed by atoms with van der Waals surface area (Å²) in [6.07, 6.45) is 7.47. The van der Waals surface area contributed by atoms with E-state index in [2.05, 4.69) is 24.4 Å². The minimum atomic E-state index is 0.230. The van der Waals surface area contributed by atoms with E-state index in [4.69, 9.17) is 5.11 Å². The predicted octanol–water partition coefficient (Wildman–Crippen LogP) is 1.56. The smallest absolute Gasteiger partial charge is 0.0582 e. The maximum Gasteiger partial charge on any atom is 0.0582 e. The van der Waals surface area contributed by atoms with Crippen LogP contribution in [0.25, 0.3) is 0 Å². The molecular weight excluding hydrogens is 174 g/mol. The van der Waals surface area contributed by atoms with Crippen LogP contribution in [0.3, 0.4) is 0 Å². The fourth-order valence-electron chi connectivity index (χ4n) is 3.02. The lowest BCUT2D eigenvalue weighted by atomic mass is 9.87. The van der Waals surface area contributed by atoms with Gasteiger partial charge in [0.15, 0.2) is 0 Å². The lowest BCUT2D eigenvalue weighted by molar-refractivity contribution is 0.220. The van der Waals surface area contributed by atoms with E-state index in [9.17, 15) is 0 Å². The number of fused-ring (bicyclic) bond motifs is 2. The molecule has 80 valence electrons. The van der Waals surface area contributed by atoms with Crippen LogP contribution < -0.4 is 5.32 Å². The third-order valence-corrected chi connectivity index (χ3v) is 3.79. The van der Waals surface area contributed by atoms with Gasteiger partial charge < -0.3 is 10.4 Å². The van der Waals surface area contributed by atoms with Crippen LogP contribution >= 0.6 is 0 Å². The van der Waals surface area contributed by atoms with Crippen LogP contribution in [-0.2, 0) is 0 Å². The Balaban J connectivity index is 1.87. The largest absolute Gasteiger partial charge is 0.395 e. The summed E-state index contributed by atoms with van der Waals surface area (Å²) in [6.45, 7) is 4.53. The van der Waals surface area contributed by atoms with Crippen molar-refractivity contribution in [2.75, 3.05) is 6.61 Å². The van der Waals surface area contributed by atoms with Crippen molar-refractivity contribution >= 4 is 0 Å². The molecule has 1 fully saturated rings. The molecule has 2 aliphatic rings. The molecule has 0 amide bonds. The second-order valence-corrected chi connectivity index (χ2v) is 4.98. The normalized spacial score (nSPS) is 38.9. The van der Waals surface area contributed by atoms with Gasteiger partial charge in [0, 0.05) is 12.1 Å². The summed E-state index contributed by atoms with van der Waals surface area (Å²) in [4.78, 5) is 0. The van der Waals surface area contributed by atoms with Gasteiger partial charge in [-0.15, -0.1) is 0 Å². The Bertz CT molecular complexity index is 226. The first-order valence-corrected chi connectivity index (χ1v) is 5.76. The zero-order valence-corrected chi connectivity index (χ0v) is 9.11. The van der Waals surface area contributed by atoms with Gasteiger partial charge >= 0.3 is 0 Å². The number of aliphatic hydroxyl groups excluding tert-OH is 1. The molecule has 5 atom stereocenters. The van der Waals surface area contributed by atoms with E-state index in [-0.39, 0.29) is 12.6 Å². The summed E-state index contributed by atoms with van der Waals surface area (Å²) in [5.41, 5.74) is 0. The van der Waals surface area contributed by atoms with Gasteiger partial charge in [0.05, 0.1) is 6.61 Å². The lowest BCUT2D eigenvalue weighted by Gasteiger charge is -2.28. The van der Waals surface area contributed by atoms with E-state index in [0.717, 1.165) is 17.8 Å². The topological polar surface area (TPSA) is 32.3 Å². The van der Waals surface area contributed by atoms with E-state index in [1.54, 1.807) is 0 Å². The first kappa shape index (κ1) is 10.2. The zero-order chi connectivity index (χ0) is 10.1. The van der Waals surface area contributed by atoms with E-state index in [0.29, 0.717) is 6.04 Å². The molecule has 0 radical (unpaired) electrons. The van der Waals surface area contributed by atoms with Gasteiger partial charge in [-0.25, -0.2) is 0 Å². The van der Waals surface area contributed by atoms with Gasteiger partial charge in [0.25, 0.3) is 0 Å². The third-order valence-electron chi connectivity index (χ3n) is 3.79. The summed E-state index contributed by atoms with van der Waals surface area (Å²) in [5.74, 6) is 2.44. The molecule has 0 heterocycles. The van der Waals surface area contributed by atoms with Gasteiger partial charge in [0.2, 0.25) is 0 Å². The quantitative estimate of drug-likeness (QED) is 0.667. The van der Waals surface area contributed by atoms with E-state index < -0.39 is 0 Å². The number of nitrogens with one attached hydrogen (secondary N) is 1. The summed E-state index contributed by atoms with van der Waals surface area (Å²) >= 11 is 0. The van der Waals surface area contributed by atoms with Crippen molar-refractivity contribution in [2.24, 2.45) is 17.8 Å². The number of hydrogen-bond donors (Lipinski definition) is 2. The molecule has 0 aromatic heterocycles. The van der Waals surface area contributed by atoms with Crippen LogP contribution in [0.15, 0.2) is 12.2 Å². The van der Waals surface area contributed by atoms with Crippen LogP contribution in [0.1, 0.15) is 26.7 Å².